The molecule has 0 aromatic heterocycles. The predicted octanol–water partition coefficient (Wildman–Crippen LogP) is 1.48. The lowest BCUT2D eigenvalue weighted by molar-refractivity contribution is -0.126. The van der Waals surface area contributed by atoms with Gasteiger partial charge >= 0.3 is 6.03 Å². The van der Waals surface area contributed by atoms with Crippen LogP contribution in [0.3, 0.4) is 0 Å². The number of carbonyl (C=O) groups is 2. The van der Waals surface area contributed by atoms with E-state index >= 15 is 0 Å². The predicted molar refractivity (Wildman–Crippen MR) is 107 cm³/mol. The summed E-state index contributed by atoms with van der Waals surface area (Å²) in [6, 6.07) is 5.73. The highest BCUT2D eigenvalue weighted by Gasteiger charge is 2.28. The first-order valence-electron chi connectivity index (χ1n) is 10.1. The van der Waals surface area contributed by atoms with Crippen LogP contribution in [-0.2, 0) is 4.79 Å². The molecule has 3 N–H and O–H groups in total. The number of para-hydroxylation sites is 1. The van der Waals surface area contributed by atoms with Gasteiger partial charge in [0, 0.05) is 45.8 Å². The molecule has 7 nitrogen and oxygen atoms in total. The third kappa shape index (κ3) is 5.90. The van der Waals surface area contributed by atoms with Gasteiger partial charge in [-0.05, 0) is 37.9 Å². The van der Waals surface area contributed by atoms with Gasteiger partial charge in [0.1, 0.15) is 5.82 Å². The number of hydrogen-bond acceptors (Lipinski definition) is 4. The first-order chi connectivity index (χ1) is 13.6. The lowest BCUT2D eigenvalue weighted by atomic mass is 9.97. The van der Waals surface area contributed by atoms with Crippen LogP contribution in [0.25, 0.3) is 0 Å². The van der Waals surface area contributed by atoms with Crippen LogP contribution in [0.1, 0.15) is 19.3 Å². The van der Waals surface area contributed by atoms with Crippen LogP contribution in [-0.4, -0.2) is 74.1 Å². The number of carbonyl (C=O) groups excluding carboxylic acids is 2. The number of piperazine rings is 1. The highest BCUT2D eigenvalue weighted by molar-refractivity contribution is 5.90. The smallest absolute Gasteiger partial charge is 0.321 e. The number of nitrogens with zero attached hydrogens (tertiary/aromatic N) is 2. The summed E-state index contributed by atoms with van der Waals surface area (Å²) < 4.78 is 13.7. The second-order valence-corrected chi connectivity index (χ2v) is 7.43. The minimum Gasteiger partial charge on any atom is -0.356 e. The van der Waals surface area contributed by atoms with Crippen LogP contribution in [0.4, 0.5) is 14.9 Å². The molecule has 2 fully saturated rings. The van der Waals surface area contributed by atoms with Gasteiger partial charge in [0.25, 0.3) is 0 Å². The summed E-state index contributed by atoms with van der Waals surface area (Å²) in [5.41, 5.74) is 0.159. The summed E-state index contributed by atoms with van der Waals surface area (Å²) >= 11 is 0. The zero-order valence-corrected chi connectivity index (χ0v) is 16.3. The van der Waals surface area contributed by atoms with E-state index in [1.54, 1.807) is 17.0 Å². The summed E-state index contributed by atoms with van der Waals surface area (Å²) in [4.78, 5) is 28.9. The third-order valence-corrected chi connectivity index (χ3v) is 5.35. The van der Waals surface area contributed by atoms with Gasteiger partial charge in [-0.2, -0.15) is 0 Å². The van der Waals surface area contributed by atoms with E-state index in [9.17, 15) is 14.0 Å². The highest BCUT2D eigenvalue weighted by atomic mass is 19.1. The molecule has 0 spiro atoms. The first kappa shape index (κ1) is 20.5. The lowest BCUT2D eigenvalue weighted by Gasteiger charge is -2.32. The maximum absolute atomic E-state index is 13.7. The Labute approximate surface area is 165 Å². The summed E-state index contributed by atoms with van der Waals surface area (Å²) in [6.07, 6.45) is 2.46. The van der Waals surface area contributed by atoms with Gasteiger partial charge in [0.05, 0.1) is 11.6 Å². The Morgan fingerprint density at radius 1 is 1.18 bits per heavy atom. The van der Waals surface area contributed by atoms with Crippen LogP contribution in [0.5, 0.6) is 0 Å². The topological polar surface area (TPSA) is 76.7 Å². The van der Waals surface area contributed by atoms with E-state index in [-0.39, 0.29) is 23.5 Å². The number of nitrogens with one attached hydrogen (secondary N) is 3. The number of rotatable bonds is 6. The highest BCUT2D eigenvalue weighted by Crippen LogP contribution is 2.19. The molecule has 28 heavy (non-hydrogen) atoms. The SMILES string of the molecule is O=C(NCCCN1CCNCC1)C1CCCN(C(=O)Nc2ccccc2F)C1. The number of urea groups is 1. The molecule has 3 amide bonds. The van der Waals surface area contributed by atoms with Gasteiger partial charge in [0.15, 0.2) is 0 Å². The fraction of sp³-hybridized carbons (Fsp3) is 0.600. The normalized spacial score (nSPS) is 20.6. The number of anilines is 1. The molecular weight excluding hydrogens is 361 g/mol. The van der Waals surface area contributed by atoms with E-state index in [1.165, 1.54) is 12.1 Å². The Morgan fingerprint density at radius 2 is 1.96 bits per heavy atom. The summed E-state index contributed by atoms with van der Waals surface area (Å²) in [7, 11) is 0. The summed E-state index contributed by atoms with van der Waals surface area (Å²) in [5, 5.41) is 8.94. The Bertz CT molecular complexity index is 666. The van der Waals surface area contributed by atoms with E-state index in [1.807, 2.05) is 0 Å². The first-order valence-corrected chi connectivity index (χ1v) is 10.1. The van der Waals surface area contributed by atoms with Crippen LogP contribution in [0.15, 0.2) is 24.3 Å². The number of halogens is 1. The van der Waals surface area contributed by atoms with Crippen LogP contribution < -0.4 is 16.0 Å². The molecule has 0 bridgehead atoms. The molecule has 0 aliphatic carbocycles. The van der Waals surface area contributed by atoms with E-state index in [0.29, 0.717) is 19.6 Å². The van der Waals surface area contributed by atoms with Crippen molar-refractivity contribution in [1.82, 2.24) is 20.4 Å². The zero-order chi connectivity index (χ0) is 19.8. The quantitative estimate of drug-likeness (QED) is 0.642. The standard InChI is InChI=1S/C20H30FN5O2/c21-17-6-1-2-7-18(17)24-20(28)26-12-3-5-16(15-26)19(27)23-8-4-11-25-13-9-22-10-14-25/h1-2,6-7,16,22H,3-5,8-15H2,(H,23,27)(H,24,28). The Morgan fingerprint density at radius 3 is 2.75 bits per heavy atom. The minimum atomic E-state index is -0.466. The molecule has 2 saturated heterocycles. The Balaban J connectivity index is 1.40. The fourth-order valence-corrected chi connectivity index (χ4v) is 3.73. The molecule has 3 rings (SSSR count). The van der Waals surface area contributed by atoms with Crippen molar-refractivity contribution in [3.8, 4) is 0 Å². The van der Waals surface area contributed by atoms with E-state index < -0.39 is 5.82 Å². The lowest BCUT2D eigenvalue weighted by Crippen LogP contribution is -2.47. The van der Waals surface area contributed by atoms with Gasteiger partial charge in [-0.15, -0.1) is 0 Å². The molecule has 8 heteroatoms. The van der Waals surface area contributed by atoms with Crippen LogP contribution in [0, 0.1) is 11.7 Å². The Kier molecular flexibility index (Phi) is 7.62. The minimum absolute atomic E-state index is 0.00343. The average molecular weight is 391 g/mol. The van der Waals surface area contributed by atoms with Crippen molar-refractivity contribution in [3.63, 3.8) is 0 Å². The van der Waals surface area contributed by atoms with Crippen molar-refractivity contribution in [2.45, 2.75) is 19.3 Å². The van der Waals surface area contributed by atoms with Gasteiger partial charge < -0.3 is 25.8 Å². The van der Waals surface area contributed by atoms with Crippen molar-refractivity contribution >= 4 is 17.6 Å². The molecule has 1 atom stereocenters. The van der Waals surface area contributed by atoms with Crippen LogP contribution >= 0.6 is 0 Å². The molecule has 2 aliphatic rings. The molecule has 1 aromatic carbocycles. The van der Waals surface area contributed by atoms with Gasteiger partial charge in [-0.1, -0.05) is 12.1 Å². The number of hydrogen-bond donors (Lipinski definition) is 3. The fourth-order valence-electron chi connectivity index (χ4n) is 3.73. The van der Waals surface area contributed by atoms with E-state index in [0.717, 1.165) is 52.0 Å². The number of benzene rings is 1. The summed E-state index contributed by atoms with van der Waals surface area (Å²) in [6.45, 7) is 6.76. The third-order valence-electron chi connectivity index (χ3n) is 5.35. The molecule has 154 valence electrons. The number of amides is 3. The summed E-state index contributed by atoms with van der Waals surface area (Å²) in [5.74, 6) is -0.672. The van der Waals surface area contributed by atoms with Crippen molar-refractivity contribution in [3.05, 3.63) is 30.1 Å². The monoisotopic (exact) mass is 391 g/mol. The molecule has 0 saturated carbocycles. The largest absolute Gasteiger partial charge is 0.356 e. The van der Waals surface area contributed by atoms with Crippen molar-refractivity contribution in [2.75, 3.05) is 57.7 Å². The maximum Gasteiger partial charge on any atom is 0.321 e. The maximum atomic E-state index is 13.7. The second kappa shape index (κ2) is 10.4. The van der Waals surface area contributed by atoms with E-state index in [2.05, 4.69) is 20.9 Å². The molecule has 2 heterocycles. The molecular formula is C20H30FN5O2. The molecule has 2 aliphatic heterocycles. The molecule has 0 radical (unpaired) electrons. The van der Waals surface area contributed by atoms with Crippen molar-refractivity contribution < 1.29 is 14.0 Å². The zero-order valence-electron chi connectivity index (χ0n) is 16.3. The second-order valence-electron chi connectivity index (χ2n) is 7.43. The molecule has 1 aromatic rings. The van der Waals surface area contributed by atoms with Crippen molar-refractivity contribution in [2.24, 2.45) is 5.92 Å². The van der Waals surface area contributed by atoms with Crippen LogP contribution in [0.2, 0.25) is 0 Å². The number of piperidine rings is 1. The van der Waals surface area contributed by atoms with Gasteiger partial charge in [-0.3, -0.25) is 4.79 Å². The van der Waals surface area contributed by atoms with Gasteiger partial charge in [-0.25, -0.2) is 9.18 Å². The van der Waals surface area contributed by atoms with Crippen molar-refractivity contribution in [1.29, 1.82) is 0 Å². The number of likely N-dealkylation sites (tertiary alicyclic amines) is 1. The van der Waals surface area contributed by atoms with Gasteiger partial charge in [0.2, 0.25) is 5.91 Å². The Hall–Kier alpha value is -2.19. The van der Waals surface area contributed by atoms with E-state index in [4.69, 9.17) is 0 Å². The average Bonchev–Trinajstić information content (AvgIpc) is 2.73. The molecule has 1 unspecified atom stereocenters.